The van der Waals surface area contributed by atoms with E-state index in [2.05, 4.69) is 5.32 Å². The molecule has 102 valence electrons. The lowest BCUT2D eigenvalue weighted by Crippen LogP contribution is -2.39. The third-order valence-electron chi connectivity index (χ3n) is 3.09. The number of nitrogens with one attached hydrogen (secondary N) is 1. The van der Waals surface area contributed by atoms with E-state index in [1.165, 1.54) is 0 Å². The first kappa shape index (κ1) is 13.4. The number of rotatable bonds is 3. The number of nitrogens with zero attached hydrogens (tertiary/aromatic N) is 1. The maximum absolute atomic E-state index is 11.8. The van der Waals surface area contributed by atoms with Crippen molar-refractivity contribution in [3.63, 3.8) is 0 Å². The minimum atomic E-state index is -0.447. The van der Waals surface area contributed by atoms with Gasteiger partial charge in [0.1, 0.15) is 0 Å². The number of nitrogens with two attached hydrogens (primary N) is 1. The summed E-state index contributed by atoms with van der Waals surface area (Å²) in [5.74, 6) is -0.492. The van der Waals surface area contributed by atoms with Gasteiger partial charge in [-0.05, 0) is 30.7 Å². The van der Waals surface area contributed by atoms with Gasteiger partial charge >= 0.3 is 0 Å². The van der Waals surface area contributed by atoms with Gasteiger partial charge in [0, 0.05) is 24.3 Å². The molecule has 0 unspecified atom stereocenters. The van der Waals surface area contributed by atoms with Gasteiger partial charge in [0.25, 0.3) is 5.91 Å². The minimum Gasteiger partial charge on any atom is -0.399 e. The molecule has 0 radical (unpaired) electrons. The van der Waals surface area contributed by atoms with Crippen LogP contribution in [0.15, 0.2) is 24.3 Å². The number of aliphatic hydroxyl groups excluding tert-OH is 1. The number of anilines is 1. The van der Waals surface area contributed by atoms with Crippen LogP contribution in [-0.2, 0) is 4.79 Å². The van der Waals surface area contributed by atoms with Gasteiger partial charge in [0.15, 0.2) is 0 Å². The zero-order valence-electron chi connectivity index (χ0n) is 10.5. The summed E-state index contributed by atoms with van der Waals surface area (Å²) >= 11 is 0. The molecule has 0 aliphatic carbocycles. The number of benzene rings is 1. The summed E-state index contributed by atoms with van der Waals surface area (Å²) in [5, 5.41) is 11.9. The van der Waals surface area contributed by atoms with E-state index in [1.54, 1.807) is 29.2 Å². The van der Waals surface area contributed by atoms with Crippen LogP contribution in [0, 0.1) is 0 Å². The number of β-amino-alcohol motifs (C(OH)–C–C–N with tert-alkyl or cyclic N) is 1. The number of likely N-dealkylation sites (tertiary alicyclic amines) is 1. The lowest BCUT2D eigenvalue weighted by Gasteiger charge is -2.15. The van der Waals surface area contributed by atoms with Crippen LogP contribution in [0.5, 0.6) is 0 Å². The third kappa shape index (κ3) is 3.45. The Balaban J connectivity index is 1.83. The molecule has 2 amide bonds. The van der Waals surface area contributed by atoms with Crippen LogP contribution in [0.4, 0.5) is 5.69 Å². The van der Waals surface area contributed by atoms with Gasteiger partial charge in [-0.25, -0.2) is 0 Å². The predicted octanol–water partition coefficient (Wildman–Crippen LogP) is -0.408. The zero-order valence-corrected chi connectivity index (χ0v) is 10.5. The molecule has 1 aromatic rings. The van der Waals surface area contributed by atoms with E-state index in [1.807, 2.05) is 0 Å². The lowest BCUT2D eigenvalue weighted by molar-refractivity contribution is -0.129. The van der Waals surface area contributed by atoms with Gasteiger partial charge in [-0.2, -0.15) is 0 Å². The molecule has 1 aliphatic rings. The summed E-state index contributed by atoms with van der Waals surface area (Å²) in [6.07, 6.45) is 0.147. The summed E-state index contributed by atoms with van der Waals surface area (Å²) in [6, 6.07) is 6.48. The van der Waals surface area contributed by atoms with Gasteiger partial charge in [0.05, 0.1) is 12.6 Å². The Bertz CT molecular complexity index is 473. The molecule has 6 heteroatoms. The maximum Gasteiger partial charge on any atom is 0.251 e. The van der Waals surface area contributed by atoms with Gasteiger partial charge < -0.3 is 21.1 Å². The molecule has 6 nitrogen and oxygen atoms in total. The number of carbonyl (C=O) groups excluding carboxylic acids is 2. The highest BCUT2D eigenvalue weighted by Gasteiger charge is 2.24. The highest BCUT2D eigenvalue weighted by atomic mass is 16.3. The van der Waals surface area contributed by atoms with Crippen LogP contribution in [0.3, 0.4) is 0 Å². The van der Waals surface area contributed by atoms with E-state index in [4.69, 9.17) is 5.73 Å². The van der Waals surface area contributed by atoms with Crippen LogP contribution in [0.1, 0.15) is 16.8 Å². The molecule has 1 saturated heterocycles. The molecule has 0 saturated carbocycles. The smallest absolute Gasteiger partial charge is 0.251 e. The van der Waals surface area contributed by atoms with Crippen molar-refractivity contribution in [2.75, 3.05) is 25.4 Å². The van der Waals surface area contributed by atoms with Gasteiger partial charge in [-0.3, -0.25) is 9.59 Å². The number of amides is 2. The van der Waals surface area contributed by atoms with Crippen molar-refractivity contribution in [2.45, 2.75) is 12.5 Å². The molecular formula is C13H17N3O3. The first-order valence-electron chi connectivity index (χ1n) is 6.16. The molecule has 1 fully saturated rings. The van der Waals surface area contributed by atoms with E-state index in [-0.39, 0.29) is 18.4 Å². The molecule has 1 aromatic carbocycles. The number of hydrogen-bond acceptors (Lipinski definition) is 4. The first-order valence-corrected chi connectivity index (χ1v) is 6.16. The number of aliphatic hydroxyl groups is 1. The molecule has 2 rings (SSSR count). The van der Waals surface area contributed by atoms with Crippen molar-refractivity contribution in [2.24, 2.45) is 0 Å². The second-order valence-electron chi connectivity index (χ2n) is 4.59. The fourth-order valence-electron chi connectivity index (χ4n) is 1.97. The Hall–Kier alpha value is -2.08. The van der Waals surface area contributed by atoms with Crippen molar-refractivity contribution < 1.29 is 14.7 Å². The van der Waals surface area contributed by atoms with E-state index in [0.29, 0.717) is 30.8 Å². The number of hydrogen-bond donors (Lipinski definition) is 3. The summed E-state index contributed by atoms with van der Waals surface area (Å²) in [6.45, 7) is 0.824. The molecule has 19 heavy (non-hydrogen) atoms. The number of carbonyl (C=O) groups is 2. The Morgan fingerprint density at radius 3 is 2.63 bits per heavy atom. The summed E-state index contributed by atoms with van der Waals surface area (Å²) < 4.78 is 0. The van der Waals surface area contributed by atoms with Crippen LogP contribution in [0.25, 0.3) is 0 Å². The Kier molecular flexibility index (Phi) is 4.01. The zero-order chi connectivity index (χ0) is 13.8. The Morgan fingerprint density at radius 1 is 1.37 bits per heavy atom. The topological polar surface area (TPSA) is 95.7 Å². The van der Waals surface area contributed by atoms with Gasteiger partial charge in [-0.15, -0.1) is 0 Å². The standard InChI is InChI=1S/C13H17N3O3/c14-10-3-1-9(2-4-10)13(19)15-7-12(18)16-6-5-11(17)8-16/h1-4,11,17H,5-8,14H2,(H,15,19)/t11-/m0/s1. The largest absolute Gasteiger partial charge is 0.399 e. The van der Waals surface area contributed by atoms with Crippen LogP contribution in [0.2, 0.25) is 0 Å². The van der Waals surface area contributed by atoms with Crippen molar-refractivity contribution in [3.8, 4) is 0 Å². The average molecular weight is 263 g/mol. The van der Waals surface area contributed by atoms with E-state index < -0.39 is 6.10 Å². The second kappa shape index (κ2) is 5.71. The van der Waals surface area contributed by atoms with Gasteiger partial charge in [0.2, 0.25) is 5.91 Å². The molecular weight excluding hydrogens is 246 g/mol. The van der Waals surface area contributed by atoms with Crippen LogP contribution in [-0.4, -0.2) is 47.6 Å². The Labute approximate surface area is 111 Å². The Morgan fingerprint density at radius 2 is 2.05 bits per heavy atom. The second-order valence-corrected chi connectivity index (χ2v) is 4.59. The molecule has 4 N–H and O–H groups in total. The van der Waals surface area contributed by atoms with Crippen molar-refractivity contribution in [1.82, 2.24) is 10.2 Å². The van der Waals surface area contributed by atoms with Crippen molar-refractivity contribution >= 4 is 17.5 Å². The van der Waals surface area contributed by atoms with Crippen LogP contribution >= 0.6 is 0 Å². The SMILES string of the molecule is Nc1ccc(C(=O)NCC(=O)N2CC[C@H](O)C2)cc1. The summed E-state index contributed by atoms with van der Waals surface area (Å²) in [4.78, 5) is 25.1. The normalized spacial score (nSPS) is 18.4. The van der Waals surface area contributed by atoms with Crippen molar-refractivity contribution in [1.29, 1.82) is 0 Å². The van der Waals surface area contributed by atoms with Gasteiger partial charge in [-0.1, -0.05) is 0 Å². The highest BCUT2D eigenvalue weighted by molar-refractivity contribution is 5.96. The number of nitrogen functional groups attached to an aromatic ring is 1. The van der Waals surface area contributed by atoms with E-state index in [9.17, 15) is 14.7 Å². The quantitative estimate of drug-likeness (QED) is 0.646. The van der Waals surface area contributed by atoms with Crippen LogP contribution < -0.4 is 11.1 Å². The summed E-state index contributed by atoms with van der Waals surface area (Å²) in [7, 11) is 0. The van der Waals surface area contributed by atoms with Crippen molar-refractivity contribution in [3.05, 3.63) is 29.8 Å². The average Bonchev–Trinajstić information content (AvgIpc) is 2.83. The first-order chi connectivity index (χ1) is 9.06. The molecule has 1 aliphatic heterocycles. The molecule has 1 atom stereocenters. The fraction of sp³-hybridized carbons (Fsp3) is 0.385. The molecule has 0 aromatic heterocycles. The van der Waals surface area contributed by atoms with E-state index >= 15 is 0 Å². The highest BCUT2D eigenvalue weighted by Crippen LogP contribution is 2.08. The molecule has 1 heterocycles. The molecule has 0 spiro atoms. The van der Waals surface area contributed by atoms with E-state index in [0.717, 1.165) is 0 Å². The third-order valence-corrected chi connectivity index (χ3v) is 3.09. The lowest BCUT2D eigenvalue weighted by atomic mass is 10.2. The monoisotopic (exact) mass is 263 g/mol. The predicted molar refractivity (Wildman–Crippen MR) is 70.4 cm³/mol. The fourth-order valence-corrected chi connectivity index (χ4v) is 1.97. The minimum absolute atomic E-state index is 0.0596. The maximum atomic E-state index is 11.8. The summed E-state index contributed by atoms with van der Waals surface area (Å²) in [5.41, 5.74) is 6.57. The molecule has 0 bridgehead atoms.